The Kier molecular flexibility index (Phi) is 3.62. The second-order valence-corrected chi connectivity index (χ2v) is 5.25. The molecular weight excluding hydrogens is 212 g/mol. The van der Waals surface area contributed by atoms with Crippen LogP contribution in [0.3, 0.4) is 0 Å². The van der Waals surface area contributed by atoms with E-state index in [1.807, 2.05) is 6.20 Å². The topological polar surface area (TPSA) is 55.0 Å². The van der Waals surface area contributed by atoms with Crippen molar-refractivity contribution in [3.05, 3.63) is 17.3 Å². The maximum atomic E-state index is 5.98. The lowest BCUT2D eigenvalue weighted by Crippen LogP contribution is -2.39. The number of rotatable bonds is 2. The van der Waals surface area contributed by atoms with Crippen molar-refractivity contribution in [2.75, 3.05) is 18.8 Å². The molecule has 4 nitrogen and oxygen atoms in total. The largest absolute Gasteiger partial charge is 0.382 e. The summed E-state index contributed by atoms with van der Waals surface area (Å²) in [6, 6.07) is 0.606. The van der Waals surface area contributed by atoms with Gasteiger partial charge in [0.1, 0.15) is 5.82 Å². The molecule has 2 rings (SSSR count). The molecule has 1 atom stereocenters. The third-order valence-corrected chi connectivity index (χ3v) is 3.71. The molecule has 1 fully saturated rings. The summed E-state index contributed by atoms with van der Waals surface area (Å²) < 4.78 is 0. The molecule has 17 heavy (non-hydrogen) atoms. The van der Waals surface area contributed by atoms with Gasteiger partial charge >= 0.3 is 0 Å². The predicted octanol–water partition coefficient (Wildman–Crippen LogP) is 1.96. The Bertz CT molecular complexity index is 369. The molecule has 0 spiro atoms. The molecule has 0 aliphatic carbocycles. The van der Waals surface area contributed by atoms with Crippen molar-refractivity contribution in [3.8, 4) is 0 Å². The molecule has 0 bridgehead atoms. The molecular formula is C13H22N4. The van der Waals surface area contributed by atoms with Crippen molar-refractivity contribution in [3.63, 3.8) is 0 Å². The highest BCUT2D eigenvalue weighted by molar-refractivity contribution is 5.45. The summed E-state index contributed by atoms with van der Waals surface area (Å²) in [5, 5.41) is 7.90. The number of nitrogens with zero attached hydrogens (tertiary/aromatic N) is 3. The van der Waals surface area contributed by atoms with Crippen molar-refractivity contribution in [2.24, 2.45) is 0 Å². The van der Waals surface area contributed by atoms with Crippen LogP contribution < -0.4 is 5.73 Å². The van der Waals surface area contributed by atoms with E-state index in [-0.39, 0.29) is 0 Å². The Labute approximate surface area is 103 Å². The minimum atomic E-state index is 0.515. The fourth-order valence-corrected chi connectivity index (χ4v) is 2.75. The van der Waals surface area contributed by atoms with Crippen LogP contribution in [0.2, 0.25) is 0 Å². The Balaban J connectivity index is 2.22. The van der Waals surface area contributed by atoms with Crippen LogP contribution >= 0.6 is 0 Å². The summed E-state index contributed by atoms with van der Waals surface area (Å²) in [7, 11) is 0. The number of nitrogen functional groups attached to an aromatic ring is 1. The molecule has 1 aromatic rings. The average Bonchev–Trinajstić information content (AvgIpc) is 2.29. The van der Waals surface area contributed by atoms with Crippen LogP contribution in [0.4, 0.5) is 5.82 Å². The molecule has 1 aliphatic heterocycles. The Morgan fingerprint density at radius 2 is 2.24 bits per heavy atom. The van der Waals surface area contributed by atoms with E-state index in [0.717, 1.165) is 6.54 Å². The molecule has 1 saturated heterocycles. The number of hydrogen-bond donors (Lipinski definition) is 1. The van der Waals surface area contributed by atoms with Crippen molar-refractivity contribution in [2.45, 2.75) is 45.6 Å². The van der Waals surface area contributed by atoms with Gasteiger partial charge in [-0.2, -0.15) is 5.10 Å². The molecule has 1 unspecified atom stereocenters. The first-order valence-corrected chi connectivity index (χ1v) is 6.41. The first-order valence-electron chi connectivity index (χ1n) is 6.41. The second-order valence-electron chi connectivity index (χ2n) is 5.25. The molecule has 1 aromatic heterocycles. The van der Waals surface area contributed by atoms with Crippen LogP contribution in [0.5, 0.6) is 0 Å². The molecule has 0 amide bonds. The second kappa shape index (κ2) is 5.00. The van der Waals surface area contributed by atoms with E-state index in [9.17, 15) is 0 Å². The first-order chi connectivity index (χ1) is 8.09. The number of likely N-dealkylation sites (tertiary alicyclic amines) is 1. The van der Waals surface area contributed by atoms with Crippen LogP contribution in [0, 0.1) is 6.92 Å². The Morgan fingerprint density at radius 3 is 2.88 bits per heavy atom. The van der Waals surface area contributed by atoms with Gasteiger partial charge < -0.3 is 10.6 Å². The quantitative estimate of drug-likeness (QED) is 0.850. The van der Waals surface area contributed by atoms with Gasteiger partial charge in [0.25, 0.3) is 0 Å². The molecule has 0 aromatic carbocycles. The third-order valence-electron chi connectivity index (χ3n) is 3.71. The highest BCUT2D eigenvalue weighted by atomic mass is 15.2. The van der Waals surface area contributed by atoms with Crippen molar-refractivity contribution >= 4 is 5.82 Å². The Morgan fingerprint density at radius 1 is 1.47 bits per heavy atom. The summed E-state index contributed by atoms with van der Waals surface area (Å²) in [5.74, 6) is 1.13. The van der Waals surface area contributed by atoms with Crippen molar-refractivity contribution in [1.29, 1.82) is 0 Å². The van der Waals surface area contributed by atoms with E-state index in [1.54, 1.807) is 0 Å². The number of aromatic nitrogens is 2. The van der Waals surface area contributed by atoms with Gasteiger partial charge in [0.2, 0.25) is 0 Å². The maximum Gasteiger partial charge on any atom is 0.149 e. The molecule has 0 radical (unpaired) electrons. The zero-order chi connectivity index (χ0) is 12.4. The van der Waals surface area contributed by atoms with E-state index < -0.39 is 0 Å². The number of hydrogen-bond acceptors (Lipinski definition) is 4. The minimum absolute atomic E-state index is 0.515. The zero-order valence-electron chi connectivity index (χ0n) is 11.0. The van der Waals surface area contributed by atoms with Gasteiger partial charge in [-0.3, -0.25) is 0 Å². The van der Waals surface area contributed by atoms with Crippen molar-refractivity contribution in [1.82, 2.24) is 15.1 Å². The number of aryl methyl sites for hydroxylation is 1. The van der Waals surface area contributed by atoms with Gasteiger partial charge in [0, 0.05) is 24.1 Å². The Hall–Kier alpha value is -1.16. The lowest BCUT2D eigenvalue weighted by molar-refractivity contribution is 0.167. The van der Waals surface area contributed by atoms with E-state index in [1.165, 1.54) is 30.5 Å². The zero-order valence-corrected chi connectivity index (χ0v) is 11.0. The predicted molar refractivity (Wildman–Crippen MR) is 69.9 cm³/mol. The lowest BCUT2D eigenvalue weighted by atomic mass is 9.88. The molecule has 2 N–H and O–H groups in total. The van der Waals surface area contributed by atoms with Gasteiger partial charge in [0.05, 0.1) is 6.20 Å². The summed E-state index contributed by atoms with van der Waals surface area (Å²) in [4.78, 5) is 2.52. The standard InChI is InChI=1S/C13H22N4/c1-9(2)17-6-4-5-11(8-17)12-10(3)7-15-16-13(12)14/h7,9,11H,4-6,8H2,1-3H3,(H2,14,16). The van der Waals surface area contributed by atoms with Gasteiger partial charge in [-0.15, -0.1) is 5.10 Å². The van der Waals surface area contributed by atoms with Crippen LogP contribution in [0.15, 0.2) is 6.20 Å². The van der Waals surface area contributed by atoms with Gasteiger partial charge in [-0.1, -0.05) is 0 Å². The first kappa shape index (κ1) is 12.3. The number of anilines is 1. The summed E-state index contributed by atoms with van der Waals surface area (Å²) in [6.07, 6.45) is 4.27. The molecule has 2 heterocycles. The number of piperidine rings is 1. The van der Waals surface area contributed by atoms with Gasteiger partial charge in [-0.05, 0) is 45.7 Å². The molecule has 0 saturated carbocycles. The average molecular weight is 234 g/mol. The third kappa shape index (κ3) is 2.57. The molecule has 1 aliphatic rings. The van der Waals surface area contributed by atoms with Crippen LogP contribution in [0.1, 0.15) is 43.7 Å². The van der Waals surface area contributed by atoms with Gasteiger partial charge in [0.15, 0.2) is 0 Å². The monoisotopic (exact) mass is 234 g/mol. The smallest absolute Gasteiger partial charge is 0.149 e. The summed E-state index contributed by atoms with van der Waals surface area (Å²) in [6.45, 7) is 8.88. The van der Waals surface area contributed by atoms with E-state index in [0.29, 0.717) is 17.8 Å². The maximum absolute atomic E-state index is 5.98. The highest BCUT2D eigenvalue weighted by Gasteiger charge is 2.25. The van der Waals surface area contributed by atoms with E-state index in [4.69, 9.17) is 5.73 Å². The van der Waals surface area contributed by atoms with Crippen LogP contribution in [-0.4, -0.2) is 34.2 Å². The summed E-state index contributed by atoms with van der Waals surface area (Å²) >= 11 is 0. The number of nitrogens with two attached hydrogens (primary N) is 1. The van der Waals surface area contributed by atoms with E-state index in [2.05, 4.69) is 35.9 Å². The fraction of sp³-hybridized carbons (Fsp3) is 0.692. The highest BCUT2D eigenvalue weighted by Crippen LogP contribution is 2.32. The van der Waals surface area contributed by atoms with Crippen LogP contribution in [0.25, 0.3) is 0 Å². The van der Waals surface area contributed by atoms with Crippen molar-refractivity contribution < 1.29 is 0 Å². The SMILES string of the molecule is Cc1cnnc(N)c1C1CCCN(C(C)C)C1. The normalized spacial score (nSPS) is 22.0. The van der Waals surface area contributed by atoms with Crippen LogP contribution in [-0.2, 0) is 0 Å². The fourth-order valence-electron chi connectivity index (χ4n) is 2.75. The molecule has 4 heteroatoms. The summed E-state index contributed by atoms with van der Waals surface area (Å²) in [5.41, 5.74) is 8.37. The van der Waals surface area contributed by atoms with Gasteiger partial charge in [-0.25, -0.2) is 0 Å². The molecule has 94 valence electrons. The van der Waals surface area contributed by atoms with E-state index >= 15 is 0 Å². The lowest BCUT2D eigenvalue weighted by Gasteiger charge is -2.36. The minimum Gasteiger partial charge on any atom is -0.382 e.